The number of nitrogens with zero attached hydrogens (tertiary/aromatic N) is 4. The van der Waals surface area contributed by atoms with Gasteiger partial charge in [-0.3, -0.25) is 0 Å². The highest BCUT2D eigenvalue weighted by molar-refractivity contribution is 7.90. The van der Waals surface area contributed by atoms with Crippen LogP contribution in [-0.4, -0.2) is 55.1 Å². The van der Waals surface area contributed by atoms with Crippen molar-refractivity contribution >= 4 is 38.3 Å². The Morgan fingerprint density at radius 2 is 1.92 bits per heavy atom. The Balaban J connectivity index is 1.56. The van der Waals surface area contributed by atoms with Crippen molar-refractivity contribution in [2.24, 2.45) is 0 Å². The fourth-order valence-electron chi connectivity index (χ4n) is 4.89. The number of anilines is 1. The summed E-state index contributed by atoms with van der Waals surface area (Å²) in [5, 5.41) is 0.720. The number of sulfone groups is 1. The van der Waals surface area contributed by atoms with Crippen LogP contribution in [0, 0.1) is 5.82 Å². The van der Waals surface area contributed by atoms with E-state index in [0.717, 1.165) is 25.9 Å². The molecule has 0 aliphatic carbocycles. The van der Waals surface area contributed by atoms with Gasteiger partial charge >= 0.3 is 0 Å². The second-order valence-corrected chi connectivity index (χ2v) is 11.7. The number of piperidine rings is 1. The van der Waals surface area contributed by atoms with Crippen molar-refractivity contribution in [2.75, 3.05) is 33.0 Å². The van der Waals surface area contributed by atoms with Crippen LogP contribution in [-0.2, 0) is 15.6 Å². The second-order valence-electron chi connectivity index (χ2n) is 9.28. The van der Waals surface area contributed by atoms with Crippen molar-refractivity contribution in [3.8, 4) is 16.9 Å². The first-order chi connectivity index (χ1) is 17.7. The van der Waals surface area contributed by atoms with Gasteiger partial charge in [-0.15, -0.1) is 0 Å². The average molecular weight is 544 g/mol. The van der Waals surface area contributed by atoms with E-state index < -0.39 is 21.4 Å². The maximum absolute atomic E-state index is 16.0. The molecular weight excluding hydrogens is 517 g/mol. The Bertz CT molecular complexity index is 1580. The monoisotopic (exact) mass is 543 g/mol. The Labute approximate surface area is 219 Å². The first kappa shape index (κ1) is 25.4. The summed E-state index contributed by atoms with van der Waals surface area (Å²) >= 11 is 6.13. The van der Waals surface area contributed by atoms with Gasteiger partial charge in [0.25, 0.3) is 0 Å². The predicted molar refractivity (Wildman–Crippen MR) is 142 cm³/mol. The molecule has 1 fully saturated rings. The molecule has 4 aromatic rings. The topological polar surface area (TPSA) is 103 Å². The third-order valence-electron chi connectivity index (χ3n) is 6.92. The van der Waals surface area contributed by atoms with Crippen LogP contribution in [0.3, 0.4) is 0 Å². The number of ether oxygens (including phenoxy) is 1. The van der Waals surface area contributed by atoms with Gasteiger partial charge in [0.15, 0.2) is 9.84 Å². The summed E-state index contributed by atoms with van der Waals surface area (Å²) in [5.41, 5.74) is 7.72. The van der Waals surface area contributed by atoms with E-state index in [0.29, 0.717) is 22.3 Å². The van der Waals surface area contributed by atoms with Crippen molar-refractivity contribution in [1.29, 1.82) is 0 Å². The Hall–Kier alpha value is -3.21. The van der Waals surface area contributed by atoms with E-state index in [1.165, 1.54) is 37.7 Å². The molecule has 194 valence electrons. The Morgan fingerprint density at radius 1 is 1.16 bits per heavy atom. The maximum Gasteiger partial charge on any atom is 0.182 e. The molecule has 2 N–H and O–H groups in total. The van der Waals surface area contributed by atoms with E-state index in [1.54, 1.807) is 12.1 Å². The maximum atomic E-state index is 16.0. The molecule has 2 aromatic carbocycles. The smallest absolute Gasteiger partial charge is 0.182 e. The standard InChI is InChI=1S/C26H27ClFN5O3S/c1-32-10-8-17(9-11-32)33-13-20(23-25(29)30-15-31-26(23)33)19-5-3-4-16(24(19)28)14-37(34,35)18-6-7-22(36-2)21(27)12-18/h3-7,12-13,15,17H,8-11,14H2,1-2H3,(H2,29,30,31). The van der Waals surface area contributed by atoms with Gasteiger partial charge in [-0.2, -0.15) is 0 Å². The molecule has 1 saturated heterocycles. The van der Waals surface area contributed by atoms with Crippen molar-refractivity contribution in [1.82, 2.24) is 19.4 Å². The highest BCUT2D eigenvalue weighted by Gasteiger charge is 2.26. The summed E-state index contributed by atoms with van der Waals surface area (Å²) in [6, 6.07) is 9.10. The number of likely N-dealkylation sites (tertiary alicyclic amines) is 1. The minimum Gasteiger partial charge on any atom is -0.495 e. The zero-order valence-electron chi connectivity index (χ0n) is 20.5. The first-order valence-corrected chi connectivity index (χ1v) is 13.9. The Kier molecular flexibility index (Phi) is 6.82. The van der Waals surface area contributed by atoms with E-state index in [-0.39, 0.29) is 32.9 Å². The van der Waals surface area contributed by atoms with Gasteiger partial charge in [0.2, 0.25) is 0 Å². The third kappa shape index (κ3) is 4.76. The molecule has 3 heterocycles. The molecule has 0 amide bonds. The van der Waals surface area contributed by atoms with Gasteiger partial charge in [-0.1, -0.05) is 29.8 Å². The number of rotatable bonds is 6. The summed E-state index contributed by atoms with van der Waals surface area (Å²) in [5.74, 6) is -0.558. The number of aromatic nitrogens is 3. The van der Waals surface area contributed by atoms with Crippen molar-refractivity contribution in [2.45, 2.75) is 29.5 Å². The molecule has 8 nitrogen and oxygen atoms in total. The van der Waals surface area contributed by atoms with E-state index in [2.05, 4.69) is 26.5 Å². The molecule has 0 radical (unpaired) electrons. The number of hydrogen-bond acceptors (Lipinski definition) is 7. The summed E-state index contributed by atoms with van der Waals surface area (Å²) in [4.78, 5) is 10.9. The van der Waals surface area contributed by atoms with Crippen LogP contribution < -0.4 is 10.5 Å². The molecule has 5 rings (SSSR count). The molecule has 11 heteroatoms. The SMILES string of the molecule is COc1ccc(S(=O)(=O)Cc2cccc(-c3cn(C4CCN(C)CC4)c4ncnc(N)c34)c2F)cc1Cl. The zero-order valence-corrected chi connectivity index (χ0v) is 22.1. The van der Waals surface area contributed by atoms with Gasteiger partial charge in [0, 0.05) is 28.9 Å². The van der Waals surface area contributed by atoms with Crippen LogP contribution in [0.25, 0.3) is 22.2 Å². The second kappa shape index (κ2) is 9.92. The molecule has 0 unspecified atom stereocenters. The minimum atomic E-state index is -3.89. The number of nitrogen functional groups attached to an aromatic ring is 1. The molecule has 0 bridgehead atoms. The van der Waals surface area contributed by atoms with Crippen LogP contribution in [0.5, 0.6) is 5.75 Å². The van der Waals surface area contributed by atoms with Crippen LogP contribution >= 0.6 is 11.6 Å². The lowest BCUT2D eigenvalue weighted by molar-refractivity contribution is 0.224. The van der Waals surface area contributed by atoms with Gasteiger partial charge in [0.1, 0.15) is 29.4 Å². The number of nitrogens with two attached hydrogens (primary N) is 1. The molecular formula is C26H27ClFN5O3S. The highest BCUT2D eigenvalue weighted by atomic mass is 35.5. The quantitative estimate of drug-likeness (QED) is 0.375. The van der Waals surface area contributed by atoms with Gasteiger partial charge < -0.3 is 19.9 Å². The zero-order chi connectivity index (χ0) is 26.3. The highest BCUT2D eigenvalue weighted by Crippen LogP contribution is 2.38. The fourth-order valence-corrected chi connectivity index (χ4v) is 6.59. The summed E-state index contributed by atoms with van der Waals surface area (Å²) in [6.45, 7) is 1.88. The summed E-state index contributed by atoms with van der Waals surface area (Å²) in [6.07, 6.45) is 5.13. The van der Waals surface area contributed by atoms with Gasteiger partial charge in [0.05, 0.1) is 28.2 Å². The molecule has 1 aliphatic rings. The van der Waals surface area contributed by atoms with Crippen molar-refractivity contribution in [3.05, 3.63) is 65.3 Å². The van der Waals surface area contributed by atoms with Crippen LogP contribution in [0.2, 0.25) is 5.02 Å². The molecule has 0 saturated carbocycles. The summed E-state index contributed by atoms with van der Waals surface area (Å²) in [7, 11) is -0.359. The fraction of sp³-hybridized carbons (Fsp3) is 0.308. The lowest BCUT2D eigenvalue weighted by atomic mass is 10.0. The number of methoxy groups -OCH3 is 1. The largest absolute Gasteiger partial charge is 0.495 e. The van der Waals surface area contributed by atoms with Crippen molar-refractivity contribution < 1.29 is 17.5 Å². The Morgan fingerprint density at radius 3 is 2.62 bits per heavy atom. The third-order valence-corrected chi connectivity index (χ3v) is 8.88. The summed E-state index contributed by atoms with van der Waals surface area (Å²) < 4.78 is 49.4. The lowest BCUT2D eigenvalue weighted by Gasteiger charge is -2.30. The van der Waals surface area contributed by atoms with E-state index in [4.69, 9.17) is 22.1 Å². The number of benzene rings is 2. The van der Waals surface area contributed by atoms with Crippen molar-refractivity contribution in [3.63, 3.8) is 0 Å². The molecule has 1 aliphatic heterocycles. The molecule has 2 aromatic heterocycles. The van der Waals surface area contributed by atoms with E-state index in [1.807, 2.05) is 6.20 Å². The minimum absolute atomic E-state index is 0.0142. The van der Waals surface area contributed by atoms with Crippen LogP contribution in [0.1, 0.15) is 24.4 Å². The van der Waals surface area contributed by atoms with Gasteiger partial charge in [-0.25, -0.2) is 22.8 Å². The van der Waals surface area contributed by atoms with E-state index in [9.17, 15) is 8.42 Å². The predicted octanol–water partition coefficient (Wildman–Crippen LogP) is 4.72. The number of fused-ring (bicyclic) bond motifs is 1. The molecule has 0 atom stereocenters. The number of halogens is 2. The van der Waals surface area contributed by atoms with E-state index >= 15 is 4.39 Å². The van der Waals surface area contributed by atoms with Gasteiger partial charge in [-0.05, 0) is 51.2 Å². The normalized spacial score (nSPS) is 15.4. The average Bonchev–Trinajstić information content (AvgIpc) is 3.26. The first-order valence-electron chi connectivity index (χ1n) is 11.8. The lowest BCUT2D eigenvalue weighted by Crippen LogP contribution is -2.31. The van der Waals surface area contributed by atoms with Crippen LogP contribution in [0.15, 0.2) is 53.8 Å². The number of hydrogen-bond donors (Lipinski definition) is 1. The van der Waals surface area contributed by atoms with Crippen LogP contribution in [0.4, 0.5) is 10.2 Å². The molecule has 0 spiro atoms. The molecule has 37 heavy (non-hydrogen) atoms.